The van der Waals surface area contributed by atoms with E-state index in [2.05, 4.69) is 48.9 Å². The highest BCUT2D eigenvalue weighted by atomic mass is 32.1. The highest BCUT2D eigenvalue weighted by Crippen LogP contribution is 2.34. The molecule has 32 heavy (non-hydrogen) atoms. The molecule has 0 unspecified atom stereocenters. The van der Waals surface area contributed by atoms with Crippen molar-refractivity contribution in [1.82, 2.24) is 9.88 Å². The lowest BCUT2D eigenvalue weighted by Gasteiger charge is -2.30. The van der Waals surface area contributed by atoms with Crippen LogP contribution < -0.4 is 10.1 Å². The van der Waals surface area contributed by atoms with Crippen molar-refractivity contribution in [3.63, 3.8) is 0 Å². The third-order valence-electron chi connectivity index (χ3n) is 5.63. The number of hydrogen-bond acceptors (Lipinski definition) is 8. The Kier molecular flexibility index (Phi) is 7.51. The number of hydrogen-bond donors (Lipinski definition) is 1. The maximum Gasteiger partial charge on any atom is 0.311 e. The molecule has 3 aromatic heterocycles. The molecule has 0 spiro atoms. The molecule has 0 radical (unpaired) electrons. The highest BCUT2D eigenvalue weighted by Gasteiger charge is 2.20. The van der Waals surface area contributed by atoms with E-state index in [1.165, 1.54) is 41.5 Å². The topological polar surface area (TPSA) is 80.5 Å². The van der Waals surface area contributed by atoms with Gasteiger partial charge in [-0.25, -0.2) is 0 Å². The van der Waals surface area contributed by atoms with Crippen molar-refractivity contribution in [2.45, 2.75) is 19.3 Å². The fourth-order valence-electron chi connectivity index (χ4n) is 4.02. The minimum Gasteiger partial charge on any atom is -0.481 e. The summed E-state index contributed by atoms with van der Waals surface area (Å²) >= 11 is 3.49. The first-order valence-corrected chi connectivity index (χ1v) is 12.5. The minimum absolute atomic E-state index is 0.0343. The number of aromatic nitrogens is 1. The zero-order valence-corrected chi connectivity index (χ0v) is 19.6. The van der Waals surface area contributed by atoms with Crippen LogP contribution in [-0.4, -0.2) is 48.1 Å². The Hall–Kier alpha value is -2.75. The summed E-state index contributed by atoms with van der Waals surface area (Å²) in [6.45, 7) is 3.63. The van der Waals surface area contributed by atoms with Crippen molar-refractivity contribution < 1.29 is 9.66 Å². The summed E-state index contributed by atoms with van der Waals surface area (Å²) in [7, 11) is 1.50. The number of anilines is 1. The molecule has 0 amide bonds. The average molecular weight is 471 g/mol. The molecule has 1 fully saturated rings. The van der Waals surface area contributed by atoms with Gasteiger partial charge in [-0.2, -0.15) is 27.7 Å². The van der Waals surface area contributed by atoms with E-state index in [0.717, 1.165) is 38.9 Å². The highest BCUT2D eigenvalue weighted by molar-refractivity contribution is 7.08. The van der Waals surface area contributed by atoms with Gasteiger partial charge in [0.1, 0.15) is 0 Å². The molecule has 7 nitrogen and oxygen atoms in total. The second-order valence-electron chi connectivity index (χ2n) is 7.60. The van der Waals surface area contributed by atoms with Gasteiger partial charge in [-0.3, -0.25) is 10.1 Å². The lowest BCUT2D eigenvalue weighted by Crippen LogP contribution is -2.32. The van der Waals surface area contributed by atoms with E-state index < -0.39 is 4.92 Å². The van der Waals surface area contributed by atoms with E-state index in [0.29, 0.717) is 12.4 Å². The van der Waals surface area contributed by atoms with Crippen LogP contribution in [0.5, 0.6) is 5.88 Å². The van der Waals surface area contributed by atoms with E-state index in [-0.39, 0.29) is 11.5 Å². The zero-order valence-electron chi connectivity index (χ0n) is 18.0. The van der Waals surface area contributed by atoms with Crippen LogP contribution in [-0.2, 0) is 0 Å². The van der Waals surface area contributed by atoms with Gasteiger partial charge in [-0.05, 0) is 76.2 Å². The summed E-state index contributed by atoms with van der Waals surface area (Å²) in [5, 5.41) is 23.1. The van der Waals surface area contributed by atoms with E-state index in [9.17, 15) is 10.1 Å². The summed E-state index contributed by atoms with van der Waals surface area (Å²) in [6.07, 6.45) is 3.02. The third-order valence-corrected chi connectivity index (χ3v) is 7.00. The number of pyridine rings is 1. The van der Waals surface area contributed by atoms with Gasteiger partial charge < -0.3 is 15.0 Å². The van der Waals surface area contributed by atoms with E-state index in [1.807, 2.05) is 0 Å². The second-order valence-corrected chi connectivity index (χ2v) is 9.16. The van der Waals surface area contributed by atoms with Gasteiger partial charge in [0, 0.05) is 31.8 Å². The summed E-state index contributed by atoms with van der Waals surface area (Å²) < 4.78 is 5.09. The van der Waals surface area contributed by atoms with Crippen LogP contribution in [0.25, 0.3) is 5.57 Å². The van der Waals surface area contributed by atoms with Crippen LogP contribution in [0, 0.1) is 10.1 Å². The summed E-state index contributed by atoms with van der Waals surface area (Å²) in [5.74, 6) is 0.620. The SMILES string of the molecule is COc1ccc([N+](=O)[O-])c(NCCCN2CCC(=C(c3ccsc3)c3ccsc3)CC2)n1. The van der Waals surface area contributed by atoms with E-state index in [4.69, 9.17) is 4.74 Å². The Morgan fingerprint density at radius 2 is 1.84 bits per heavy atom. The predicted molar refractivity (Wildman–Crippen MR) is 131 cm³/mol. The van der Waals surface area contributed by atoms with Crippen LogP contribution in [0.4, 0.5) is 11.5 Å². The zero-order chi connectivity index (χ0) is 22.3. The molecule has 0 aliphatic carbocycles. The molecule has 1 aliphatic rings. The fourth-order valence-corrected chi connectivity index (χ4v) is 5.31. The van der Waals surface area contributed by atoms with Gasteiger partial charge in [0.2, 0.25) is 11.7 Å². The third kappa shape index (κ3) is 5.35. The van der Waals surface area contributed by atoms with Crippen molar-refractivity contribution in [2.24, 2.45) is 0 Å². The molecule has 1 aliphatic heterocycles. The first-order valence-electron chi connectivity index (χ1n) is 10.6. The van der Waals surface area contributed by atoms with Crippen molar-refractivity contribution in [3.8, 4) is 5.88 Å². The van der Waals surface area contributed by atoms with Crippen LogP contribution in [0.3, 0.4) is 0 Å². The molecule has 9 heteroatoms. The number of nitrogens with one attached hydrogen (secondary N) is 1. The molecular weight excluding hydrogens is 444 g/mol. The number of thiophene rings is 2. The van der Waals surface area contributed by atoms with Gasteiger partial charge >= 0.3 is 5.69 Å². The first-order chi connectivity index (χ1) is 15.7. The standard InChI is InChI=1S/C23H26N4O3S2/c1-30-21-4-3-20(27(28)29)23(25-21)24-9-2-10-26-11-5-17(6-12-26)22(18-7-13-31-15-18)19-8-14-32-16-19/h3-4,7-8,13-16H,2,5-6,9-12H2,1H3,(H,24,25). The molecule has 3 aromatic rings. The molecule has 0 saturated carbocycles. The number of likely N-dealkylation sites (tertiary alicyclic amines) is 1. The van der Waals surface area contributed by atoms with Gasteiger partial charge in [-0.1, -0.05) is 5.57 Å². The average Bonchev–Trinajstić information content (AvgIpc) is 3.53. The van der Waals surface area contributed by atoms with Gasteiger partial charge in [0.15, 0.2) is 0 Å². The maximum absolute atomic E-state index is 11.2. The lowest BCUT2D eigenvalue weighted by atomic mass is 9.91. The molecule has 0 aromatic carbocycles. The lowest BCUT2D eigenvalue weighted by molar-refractivity contribution is -0.384. The number of ether oxygens (including phenoxy) is 1. The largest absolute Gasteiger partial charge is 0.481 e. The van der Waals surface area contributed by atoms with Gasteiger partial charge in [0.25, 0.3) is 0 Å². The Morgan fingerprint density at radius 3 is 2.41 bits per heavy atom. The predicted octanol–water partition coefficient (Wildman–Crippen LogP) is 5.52. The monoisotopic (exact) mass is 470 g/mol. The van der Waals surface area contributed by atoms with Crippen LogP contribution in [0.1, 0.15) is 30.4 Å². The Balaban J connectivity index is 1.32. The number of methoxy groups -OCH3 is 1. The molecule has 4 heterocycles. The van der Waals surface area contributed by atoms with Gasteiger partial charge in [-0.15, -0.1) is 0 Å². The fraction of sp³-hybridized carbons (Fsp3) is 0.348. The normalized spacial score (nSPS) is 14.3. The molecular formula is C23H26N4O3S2. The van der Waals surface area contributed by atoms with Crippen molar-refractivity contribution in [2.75, 3.05) is 38.6 Å². The molecule has 1 saturated heterocycles. The number of piperidine rings is 1. The Bertz CT molecular complexity index is 1020. The summed E-state index contributed by atoms with van der Waals surface area (Å²) in [6, 6.07) is 7.36. The number of nitro groups is 1. The molecule has 168 valence electrons. The minimum atomic E-state index is -0.425. The summed E-state index contributed by atoms with van der Waals surface area (Å²) in [4.78, 5) is 17.5. The van der Waals surface area contributed by atoms with E-state index >= 15 is 0 Å². The molecule has 1 N–H and O–H groups in total. The van der Waals surface area contributed by atoms with Crippen molar-refractivity contribution in [3.05, 3.63) is 72.6 Å². The van der Waals surface area contributed by atoms with E-state index in [1.54, 1.807) is 22.7 Å². The van der Waals surface area contributed by atoms with Gasteiger partial charge in [0.05, 0.1) is 12.0 Å². The van der Waals surface area contributed by atoms with Crippen LogP contribution >= 0.6 is 22.7 Å². The maximum atomic E-state index is 11.2. The van der Waals surface area contributed by atoms with Crippen LogP contribution in [0.15, 0.2) is 51.4 Å². The summed E-state index contributed by atoms with van der Waals surface area (Å²) in [5.41, 5.74) is 5.56. The Labute approximate surface area is 195 Å². The Morgan fingerprint density at radius 1 is 1.16 bits per heavy atom. The first kappa shape index (κ1) is 22.4. The van der Waals surface area contributed by atoms with Crippen molar-refractivity contribution >= 4 is 39.8 Å². The second kappa shape index (κ2) is 10.7. The molecule has 0 bridgehead atoms. The smallest absolute Gasteiger partial charge is 0.311 e. The van der Waals surface area contributed by atoms with Crippen LogP contribution in [0.2, 0.25) is 0 Å². The number of rotatable bonds is 9. The molecule has 4 rings (SSSR count). The molecule has 0 atom stereocenters. The quantitative estimate of drug-likeness (QED) is 0.252. The van der Waals surface area contributed by atoms with Crippen molar-refractivity contribution in [1.29, 1.82) is 0 Å². The number of nitrogens with zero attached hydrogens (tertiary/aromatic N) is 3.